The van der Waals surface area contributed by atoms with Crippen molar-refractivity contribution in [2.45, 2.75) is 6.54 Å². The Morgan fingerprint density at radius 1 is 1.14 bits per heavy atom. The molecule has 0 spiro atoms. The molecular formula is C16H15ClFN3O. The van der Waals surface area contributed by atoms with Crippen LogP contribution in [-0.4, -0.2) is 35.4 Å². The molecule has 1 amide bonds. The highest BCUT2D eigenvalue weighted by atomic mass is 35.5. The number of rotatable bonds is 3. The Labute approximate surface area is 133 Å². The normalized spacial score (nSPS) is 15.3. The molecule has 3 rings (SSSR count). The number of amides is 1. The zero-order chi connectivity index (χ0) is 15.5. The summed E-state index contributed by atoms with van der Waals surface area (Å²) in [6, 6.07) is 9.80. The summed E-state index contributed by atoms with van der Waals surface area (Å²) < 4.78 is 12.9. The second-order valence-corrected chi connectivity index (χ2v) is 5.63. The highest BCUT2D eigenvalue weighted by molar-refractivity contribution is 6.30. The topological polar surface area (TPSA) is 36.4 Å². The molecule has 2 aromatic rings. The smallest absolute Gasteiger partial charge is 0.242 e. The van der Waals surface area contributed by atoms with Crippen molar-refractivity contribution in [3.05, 3.63) is 59.0 Å². The quantitative estimate of drug-likeness (QED) is 0.873. The number of carbonyl (C=O) groups excluding carboxylic acids is 1. The number of benzene rings is 1. The van der Waals surface area contributed by atoms with Gasteiger partial charge in [-0.1, -0.05) is 23.7 Å². The molecule has 0 atom stereocenters. The summed E-state index contributed by atoms with van der Waals surface area (Å²) in [6.45, 7) is 2.11. The zero-order valence-corrected chi connectivity index (χ0v) is 12.6. The van der Waals surface area contributed by atoms with Crippen LogP contribution in [0.1, 0.15) is 5.56 Å². The highest BCUT2D eigenvalue weighted by Gasteiger charge is 2.24. The van der Waals surface area contributed by atoms with Crippen LogP contribution >= 0.6 is 11.6 Å². The van der Waals surface area contributed by atoms with E-state index in [2.05, 4.69) is 4.98 Å². The minimum atomic E-state index is -0.270. The lowest BCUT2D eigenvalue weighted by molar-refractivity contribution is -0.131. The molecule has 4 nitrogen and oxygen atoms in total. The summed E-state index contributed by atoms with van der Waals surface area (Å²) in [7, 11) is 0. The van der Waals surface area contributed by atoms with Gasteiger partial charge in [0, 0.05) is 25.8 Å². The van der Waals surface area contributed by atoms with Crippen LogP contribution in [0.15, 0.2) is 42.6 Å². The van der Waals surface area contributed by atoms with Gasteiger partial charge >= 0.3 is 0 Å². The van der Waals surface area contributed by atoms with Crippen molar-refractivity contribution in [2.24, 2.45) is 0 Å². The molecule has 1 aliphatic rings. The van der Waals surface area contributed by atoms with Crippen LogP contribution in [-0.2, 0) is 11.3 Å². The van der Waals surface area contributed by atoms with Crippen LogP contribution in [0.5, 0.6) is 0 Å². The van der Waals surface area contributed by atoms with Gasteiger partial charge in [-0.25, -0.2) is 9.37 Å². The van der Waals surface area contributed by atoms with E-state index in [-0.39, 0.29) is 18.3 Å². The minimum absolute atomic E-state index is 0.0346. The van der Waals surface area contributed by atoms with Crippen LogP contribution in [0, 0.1) is 5.82 Å². The molecule has 0 radical (unpaired) electrons. The largest absolute Gasteiger partial charge is 0.346 e. The lowest BCUT2D eigenvalue weighted by atomic mass is 10.2. The molecule has 1 aliphatic heterocycles. The Bertz CT molecular complexity index is 660. The van der Waals surface area contributed by atoms with Gasteiger partial charge in [0.25, 0.3) is 0 Å². The number of aromatic nitrogens is 1. The standard InChI is InChI=1S/C16H15ClFN3O/c17-13-3-6-15(19-9-13)20-7-8-21(16(22)11-20)10-12-1-4-14(18)5-2-12/h1-6,9H,7-8,10-11H2. The fourth-order valence-electron chi connectivity index (χ4n) is 2.44. The zero-order valence-electron chi connectivity index (χ0n) is 11.9. The average molecular weight is 320 g/mol. The van der Waals surface area contributed by atoms with Gasteiger partial charge in [0.1, 0.15) is 11.6 Å². The van der Waals surface area contributed by atoms with Crippen molar-refractivity contribution in [1.29, 1.82) is 0 Å². The van der Waals surface area contributed by atoms with E-state index in [1.807, 2.05) is 11.0 Å². The van der Waals surface area contributed by atoms with Crippen LogP contribution in [0.25, 0.3) is 0 Å². The van der Waals surface area contributed by atoms with E-state index in [4.69, 9.17) is 11.6 Å². The molecule has 1 fully saturated rings. The molecular weight excluding hydrogens is 305 g/mol. The summed E-state index contributed by atoms with van der Waals surface area (Å²) in [5, 5.41) is 0.574. The average Bonchev–Trinajstić information content (AvgIpc) is 2.52. The van der Waals surface area contributed by atoms with Crippen LogP contribution < -0.4 is 4.90 Å². The first kappa shape index (κ1) is 14.8. The van der Waals surface area contributed by atoms with Crippen molar-refractivity contribution in [2.75, 3.05) is 24.5 Å². The first-order chi connectivity index (χ1) is 10.6. The molecule has 0 unspecified atom stereocenters. The van der Waals surface area contributed by atoms with Crippen molar-refractivity contribution < 1.29 is 9.18 Å². The summed E-state index contributed by atoms with van der Waals surface area (Å²) in [5.74, 6) is 0.514. The molecule has 1 saturated heterocycles. The van der Waals surface area contributed by atoms with Crippen molar-refractivity contribution in [3.8, 4) is 0 Å². The molecule has 6 heteroatoms. The van der Waals surface area contributed by atoms with E-state index in [1.165, 1.54) is 12.1 Å². The molecule has 0 aliphatic carbocycles. The maximum atomic E-state index is 12.9. The van der Waals surface area contributed by atoms with Crippen LogP contribution in [0.4, 0.5) is 10.2 Å². The van der Waals surface area contributed by atoms with Gasteiger partial charge in [-0.15, -0.1) is 0 Å². The van der Waals surface area contributed by atoms with Gasteiger partial charge in [0.2, 0.25) is 5.91 Å². The number of anilines is 1. The molecule has 1 aromatic heterocycles. The predicted octanol–water partition coefficient (Wildman–Crippen LogP) is 2.72. The summed E-state index contributed by atoms with van der Waals surface area (Å²) in [5.41, 5.74) is 0.924. The molecule has 114 valence electrons. The maximum absolute atomic E-state index is 12.9. The highest BCUT2D eigenvalue weighted by Crippen LogP contribution is 2.17. The third kappa shape index (κ3) is 3.36. The predicted molar refractivity (Wildman–Crippen MR) is 83.3 cm³/mol. The number of hydrogen-bond donors (Lipinski definition) is 0. The second-order valence-electron chi connectivity index (χ2n) is 5.20. The van der Waals surface area contributed by atoms with Gasteiger partial charge in [-0.2, -0.15) is 0 Å². The SMILES string of the molecule is O=C1CN(c2ccc(Cl)cn2)CCN1Cc1ccc(F)cc1. The Hall–Kier alpha value is -2.14. The van der Waals surface area contributed by atoms with Gasteiger partial charge < -0.3 is 9.80 Å². The number of piperazine rings is 1. The Morgan fingerprint density at radius 2 is 1.91 bits per heavy atom. The number of halogens is 2. The van der Waals surface area contributed by atoms with Gasteiger partial charge in [-0.05, 0) is 29.8 Å². The molecule has 1 aromatic carbocycles. The number of hydrogen-bond acceptors (Lipinski definition) is 3. The fraction of sp³-hybridized carbons (Fsp3) is 0.250. The van der Waals surface area contributed by atoms with E-state index < -0.39 is 0 Å². The molecule has 0 bridgehead atoms. The van der Waals surface area contributed by atoms with Gasteiger partial charge in [-0.3, -0.25) is 4.79 Å². The lowest BCUT2D eigenvalue weighted by Gasteiger charge is -2.35. The van der Waals surface area contributed by atoms with E-state index in [1.54, 1.807) is 29.3 Å². The number of pyridine rings is 1. The molecule has 0 saturated carbocycles. The Kier molecular flexibility index (Phi) is 4.24. The van der Waals surface area contributed by atoms with E-state index in [0.717, 1.165) is 11.4 Å². The summed E-state index contributed by atoms with van der Waals surface area (Å²) in [6.07, 6.45) is 1.58. The lowest BCUT2D eigenvalue weighted by Crippen LogP contribution is -2.50. The Balaban J connectivity index is 1.63. The first-order valence-electron chi connectivity index (χ1n) is 7.00. The van der Waals surface area contributed by atoms with Crippen molar-refractivity contribution in [1.82, 2.24) is 9.88 Å². The second kappa shape index (κ2) is 6.32. The Morgan fingerprint density at radius 3 is 2.55 bits per heavy atom. The molecule has 22 heavy (non-hydrogen) atoms. The maximum Gasteiger partial charge on any atom is 0.242 e. The van der Waals surface area contributed by atoms with Gasteiger partial charge in [0.05, 0.1) is 11.6 Å². The van der Waals surface area contributed by atoms with Gasteiger partial charge in [0.15, 0.2) is 0 Å². The third-order valence-electron chi connectivity index (χ3n) is 3.64. The number of nitrogens with zero attached hydrogens (tertiary/aromatic N) is 3. The molecule has 0 N–H and O–H groups in total. The molecule has 2 heterocycles. The first-order valence-corrected chi connectivity index (χ1v) is 7.38. The fourth-order valence-corrected chi connectivity index (χ4v) is 2.55. The van der Waals surface area contributed by atoms with Crippen LogP contribution in [0.3, 0.4) is 0 Å². The van der Waals surface area contributed by atoms with Crippen LogP contribution in [0.2, 0.25) is 5.02 Å². The summed E-state index contributed by atoms with van der Waals surface area (Å²) in [4.78, 5) is 20.2. The third-order valence-corrected chi connectivity index (χ3v) is 3.86. The van der Waals surface area contributed by atoms with Crippen molar-refractivity contribution in [3.63, 3.8) is 0 Å². The number of carbonyl (C=O) groups is 1. The monoisotopic (exact) mass is 319 g/mol. The van der Waals surface area contributed by atoms with E-state index >= 15 is 0 Å². The minimum Gasteiger partial charge on any atom is -0.346 e. The van der Waals surface area contributed by atoms with E-state index in [9.17, 15) is 9.18 Å². The van der Waals surface area contributed by atoms with Crippen molar-refractivity contribution >= 4 is 23.3 Å². The summed E-state index contributed by atoms with van der Waals surface area (Å²) >= 11 is 5.82. The van der Waals surface area contributed by atoms with E-state index in [0.29, 0.717) is 24.7 Å².